The lowest BCUT2D eigenvalue weighted by atomic mass is 9.98. The van der Waals surface area contributed by atoms with Gasteiger partial charge < -0.3 is 24.2 Å². The quantitative estimate of drug-likeness (QED) is 0.360. The van der Waals surface area contributed by atoms with Crippen LogP contribution in [-0.4, -0.2) is 37.1 Å². The zero-order valence-electron chi connectivity index (χ0n) is 18.3. The first-order chi connectivity index (χ1) is 16.1. The highest BCUT2D eigenvalue weighted by Gasteiger charge is 2.26. The molecule has 0 spiro atoms. The van der Waals surface area contributed by atoms with Gasteiger partial charge in [-0.1, -0.05) is 53.7 Å². The minimum absolute atomic E-state index is 0.0613. The summed E-state index contributed by atoms with van der Waals surface area (Å²) in [5.41, 5.74) is 3.55. The van der Waals surface area contributed by atoms with E-state index in [9.17, 15) is 4.79 Å². The molecular formula is C26H25NO6. The third kappa shape index (κ3) is 5.83. The molecule has 0 bridgehead atoms. The Labute approximate surface area is 192 Å². The summed E-state index contributed by atoms with van der Waals surface area (Å²) in [7, 11) is 1.51. The van der Waals surface area contributed by atoms with E-state index in [1.54, 1.807) is 0 Å². The van der Waals surface area contributed by atoms with Crippen molar-refractivity contribution in [2.75, 3.05) is 20.3 Å². The minimum atomic E-state index is -0.827. The first-order valence-electron chi connectivity index (χ1n) is 10.6. The van der Waals surface area contributed by atoms with Crippen molar-refractivity contribution in [1.82, 2.24) is 0 Å². The molecule has 0 amide bonds. The van der Waals surface area contributed by atoms with Gasteiger partial charge >= 0.3 is 5.97 Å². The number of rotatable bonds is 10. The molecule has 1 N–H and O–H groups in total. The van der Waals surface area contributed by atoms with E-state index in [4.69, 9.17) is 24.2 Å². The SMILES string of the molecule is CON=C(COc1ccc(COc2ccc3c(c2)OCC3CC(=O)O)cc1)c1ccccc1. The van der Waals surface area contributed by atoms with Crippen molar-refractivity contribution in [2.45, 2.75) is 18.9 Å². The molecule has 1 aliphatic heterocycles. The van der Waals surface area contributed by atoms with E-state index in [0.717, 1.165) is 16.7 Å². The van der Waals surface area contributed by atoms with Crippen molar-refractivity contribution in [3.05, 3.63) is 89.5 Å². The number of carboxylic acid groups (broad SMARTS) is 1. The van der Waals surface area contributed by atoms with Gasteiger partial charge in [0.25, 0.3) is 0 Å². The molecule has 1 aliphatic rings. The van der Waals surface area contributed by atoms with Gasteiger partial charge in [0.05, 0.1) is 13.0 Å². The van der Waals surface area contributed by atoms with Crippen LogP contribution in [0.25, 0.3) is 0 Å². The number of nitrogens with zero attached hydrogens (tertiary/aromatic N) is 1. The molecule has 1 heterocycles. The standard InChI is InChI=1S/C26H25NO6/c1-30-27-24(19-5-3-2-4-6-19)17-32-21-9-7-18(8-10-21)15-31-22-11-12-23-20(13-26(28)29)16-33-25(23)14-22/h2-12,14,20H,13,15-17H2,1H3,(H,28,29). The van der Waals surface area contributed by atoms with Crippen molar-refractivity contribution in [2.24, 2.45) is 5.16 Å². The van der Waals surface area contributed by atoms with E-state index in [-0.39, 0.29) is 18.9 Å². The summed E-state index contributed by atoms with van der Waals surface area (Å²) in [6.07, 6.45) is 0.0613. The summed E-state index contributed by atoms with van der Waals surface area (Å²) < 4.78 is 17.4. The van der Waals surface area contributed by atoms with Crippen LogP contribution in [0.5, 0.6) is 17.2 Å². The third-order valence-electron chi connectivity index (χ3n) is 5.30. The molecule has 0 radical (unpaired) electrons. The molecule has 0 saturated heterocycles. The van der Waals surface area contributed by atoms with Crippen LogP contribution in [0.1, 0.15) is 29.0 Å². The number of carbonyl (C=O) groups is 1. The number of oxime groups is 1. The Morgan fingerprint density at radius 1 is 1.03 bits per heavy atom. The van der Waals surface area contributed by atoms with Gasteiger partial charge in [0.15, 0.2) is 0 Å². The van der Waals surface area contributed by atoms with Crippen LogP contribution in [0.3, 0.4) is 0 Å². The van der Waals surface area contributed by atoms with Crippen LogP contribution in [0.4, 0.5) is 0 Å². The monoisotopic (exact) mass is 447 g/mol. The maximum Gasteiger partial charge on any atom is 0.304 e. The van der Waals surface area contributed by atoms with Crippen LogP contribution < -0.4 is 14.2 Å². The average molecular weight is 447 g/mol. The molecule has 0 aliphatic carbocycles. The predicted molar refractivity (Wildman–Crippen MR) is 123 cm³/mol. The van der Waals surface area contributed by atoms with Gasteiger partial charge in [-0.25, -0.2) is 0 Å². The second-order valence-corrected chi connectivity index (χ2v) is 7.61. The summed E-state index contributed by atoms with van der Waals surface area (Å²) in [5, 5.41) is 13.1. The van der Waals surface area contributed by atoms with E-state index in [1.165, 1.54) is 7.11 Å². The molecule has 170 valence electrons. The Morgan fingerprint density at radius 2 is 1.79 bits per heavy atom. The molecule has 0 saturated carbocycles. The lowest BCUT2D eigenvalue weighted by Gasteiger charge is -2.11. The van der Waals surface area contributed by atoms with Gasteiger partial charge in [-0.3, -0.25) is 4.79 Å². The number of aliphatic carboxylic acids is 1. The zero-order valence-corrected chi connectivity index (χ0v) is 18.3. The van der Waals surface area contributed by atoms with Gasteiger partial charge in [-0.05, 0) is 23.8 Å². The Morgan fingerprint density at radius 3 is 2.52 bits per heavy atom. The van der Waals surface area contributed by atoms with Crippen LogP contribution in [0.2, 0.25) is 0 Å². The molecule has 0 aromatic heterocycles. The number of fused-ring (bicyclic) bond motifs is 1. The first-order valence-corrected chi connectivity index (χ1v) is 10.6. The highest BCUT2D eigenvalue weighted by atomic mass is 16.6. The number of benzene rings is 3. The van der Waals surface area contributed by atoms with Crippen molar-refractivity contribution in [3.8, 4) is 17.2 Å². The lowest BCUT2D eigenvalue weighted by molar-refractivity contribution is -0.137. The molecule has 0 fully saturated rings. The van der Waals surface area contributed by atoms with Crippen molar-refractivity contribution < 1.29 is 28.9 Å². The predicted octanol–water partition coefficient (Wildman–Crippen LogP) is 4.65. The molecule has 3 aromatic carbocycles. The Hall–Kier alpha value is -4.00. The van der Waals surface area contributed by atoms with Crippen LogP contribution in [-0.2, 0) is 16.2 Å². The van der Waals surface area contributed by atoms with Crippen LogP contribution in [0, 0.1) is 0 Å². The fourth-order valence-electron chi connectivity index (χ4n) is 3.63. The Bertz CT molecular complexity index is 1110. The Kier molecular flexibility index (Phi) is 7.09. The molecule has 7 heteroatoms. The van der Waals surface area contributed by atoms with Crippen molar-refractivity contribution in [1.29, 1.82) is 0 Å². The maximum absolute atomic E-state index is 11.0. The molecule has 1 atom stereocenters. The number of ether oxygens (including phenoxy) is 3. The van der Waals surface area contributed by atoms with Crippen molar-refractivity contribution in [3.63, 3.8) is 0 Å². The number of carboxylic acids is 1. The highest BCUT2D eigenvalue weighted by molar-refractivity contribution is 6.01. The third-order valence-corrected chi connectivity index (χ3v) is 5.30. The van der Waals surface area contributed by atoms with Crippen LogP contribution >= 0.6 is 0 Å². The van der Waals surface area contributed by atoms with Gasteiger partial charge in [0.2, 0.25) is 0 Å². The first kappa shape index (κ1) is 22.2. The van der Waals surface area contributed by atoms with E-state index in [2.05, 4.69) is 5.16 Å². The largest absolute Gasteiger partial charge is 0.492 e. The van der Waals surface area contributed by atoms with Gasteiger partial charge in [0.1, 0.15) is 43.3 Å². The second kappa shape index (κ2) is 10.5. The van der Waals surface area contributed by atoms with Gasteiger partial charge in [0, 0.05) is 23.1 Å². The van der Waals surface area contributed by atoms with Gasteiger partial charge in [-0.15, -0.1) is 0 Å². The highest BCUT2D eigenvalue weighted by Crippen LogP contribution is 2.38. The number of hydrogen-bond donors (Lipinski definition) is 1. The maximum atomic E-state index is 11.0. The van der Waals surface area contributed by atoms with Crippen LogP contribution in [0.15, 0.2) is 78.0 Å². The van der Waals surface area contributed by atoms with Crippen molar-refractivity contribution >= 4 is 11.7 Å². The second-order valence-electron chi connectivity index (χ2n) is 7.61. The molecule has 4 rings (SSSR count). The molecular weight excluding hydrogens is 422 g/mol. The van der Waals surface area contributed by atoms with E-state index in [0.29, 0.717) is 36.2 Å². The Balaban J connectivity index is 1.31. The topological polar surface area (TPSA) is 86.6 Å². The van der Waals surface area contributed by atoms with E-state index >= 15 is 0 Å². The van der Waals surface area contributed by atoms with E-state index < -0.39 is 5.97 Å². The van der Waals surface area contributed by atoms with E-state index in [1.807, 2.05) is 72.8 Å². The fraction of sp³-hybridized carbons (Fsp3) is 0.231. The minimum Gasteiger partial charge on any atom is -0.492 e. The average Bonchev–Trinajstić information content (AvgIpc) is 3.23. The number of hydrogen-bond acceptors (Lipinski definition) is 6. The summed E-state index contributed by atoms with van der Waals surface area (Å²) >= 11 is 0. The summed E-state index contributed by atoms with van der Waals surface area (Å²) in [6.45, 7) is 1.05. The molecule has 7 nitrogen and oxygen atoms in total. The zero-order chi connectivity index (χ0) is 23.0. The summed E-state index contributed by atoms with van der Waals surface area (Å²) in [5.74, 6) is 1.14. The summed E-state index contributed by atoms with van der Waals surface area (Å²) in [6, 6.07) is 22.9. The normalized spacial score (nSPS) is 14.8. The molecule has 33 heavy (non-hydrogen) atoms. The van der Waals surface area contributed by atoms with Gasteiger partial charge in [-0.2, -0.15) is 0 Å². The smallest absolute Gasteiger partial charge is 0.304 e. The fourth-order valence-corrected chi connectivity index (χ4v) is 3.63. The molecule has 3 aromatic rings. The summed E-state index contributed by atoms with van der Waals surface area (Å²) in [4.78, 5) is 15.9. The lowest BCUT2D eigenvalue weighted by Crippen LogP contribution is -2.13. The molecule has 1 unspecified atom stereocenters.